The quantitative estimate of drug-likeness (QED) is 0.802. The van der Waals surface area contributed by atoms with Gasteiger partial charge in [-0.05, 0) is 31.2 Å². The van der Waals surface area contributed by atoms with Crippen LogP contribution >= 0.6 is 0 Å². The third-order valence-electron chi connectivity index (χ3n) is 3.12. The maximum absolute atomic E-state index is 11.2. The van der Waals surface area contributed by atoms with Crippen LogP contribution in [0.25, 0.3) is 0 Å². The summed E-state index contributed by atoms with van der Waals surface area (Å²) in [6.45, 7) is 4.82. The fourth-order valence-corrected chi connectivity index (χ4v) is 2.13. The van der Waals surface area contributed by atoms with Gasteiger partial charge in [-0.3, -0.25) is 4.79 Å². The van der Waals surface area contributed by atoms with Crippen LogP contribution in [0.2, 0.25) is 0 Å². The first-order valence-corrected chi connectivity index (χ1v) is 6.20. The summed E-state index contributed by atoms with van der Waals surface area (Å²) in [6, 6.07) is 8.18. The number of carbonyl (C=O) groups is 1. The van der Waals surface area contributed by atoms with Crippen molar-refractivity contribution in [2.24, 2.45) is 5.73 Å². The smallest absolute Gasteiger partial charge is 0.219 e. The molecule has 0 spiro atoms. The number of amides is 1. The van der Waals surface area contributed by atoms with Crippen LogP contribution in [-0.4, -0.2) is 26.5 Å². The molecule has 0 aliphatic rings. The van der Waals surface area contributed by atoms with Crippen molar-refractivity contribution in [3.05, 3.63) is 29.8 Å². The lowest BCUT2D eigenvalue weighted by Crippen LogP contribution is -2.42. The van der Waals surface area contributed by atoms with E-state index in [1.807, 2.05) is 57.1 Å². The number of nitrogens with one attached hydrogen (secondary N) is 1. The summed E-state index contributed by atoms with van der Waals surface area (Å²) < 4.78 is 0. The van der Waals surface area contributed by atoms with Gasteiger partial charge in [0, 0.05) is 31.7 Å². The summed E-state index contributed by atoms with van der Waals surface area (Å²) in [6.07, 6.45) is 0.294. The van der Waals surface area contributed by atoms with Gasteiger partial charge >= 0.3 is 0 Å². The lowest BCUT2D eigenvalue weighted by atomic mass is 9.88. The number of anilines is 1. The molecular formula is C14H23N3O. The van der Waals surface area contributed by atoms with E-state index in [1.54, 1.807) is 0 Å². The minimum Gasteiger partial charge on any atom is -0.378 e. The lowest BCUT2D eigenvalue weighted by molar-refractivity contribution is -0.119. The van der Waals surface area contributed by atoms with Gasteiger partial charge in [0.2, 0.25) is 5.91 Å². The molecule has 0 bridgehead atoms. The molecule has 1 aromatic rings. The highest BCUT2D eigenvalue weighted by atomic mass is 16.1. The van der Waals surface area contributed by atoms with E-state index in [4.69, 9.17) is 5.73 Å². The normalized spacial score (nSPS) is 14.0. The Labute approximate surface area is 109 Å². The van der Waals surface area contributed by atoms with Gasteiger partial charge in [-0.2, -0.15) is 0 Å². The van der Waals surface area contributed by atoms with Crippen LogP contribution in [-0.2, 0) is 10.3 Å². The Morgan fingerprint density at radius 3 is 2.28 bits per heavy atom. The second-order valence-electron chi connectivity index (χ2n) is 4.95. The summed E-state index contributed by atoms with van der Waals surface area (Å²) >= 11 is 0. The van der Waals surface area contributed by atoms with Crippen LogP contribution < -0.4 is 16.0 Å². The van der Waals surface area contributed by atoms with Gasteiger partial charge in [-0.25, -0.2) is 0 Å². The summed E-state index contributed by atoms with van der Waals surface area (Å²) in [5.74, 6) is -0.296. The summed E-state index contributed by atoms with van der Waals surface area (Å²) in [4.78, 5) is 13.3. The average molecular weight is 249 g/mol. The SMILES string of the molecule is CCNC(C)(CC(N)=O)c1ccc(N(C)C)cc1. The zero-order valence-corrected chi connectivity index (χ0v) is 11.7. The molecule has 4 heteroatoms. The van der Waals surface area contributed by atoms with Gasteiger partial charge in [0.15, 0.2) is 0 Å². The van der Waals surface area contributed by atoms with Crippen LogP contribution in [0.4, 0.5) is 5.69 Å². The highest BCUT2D eigenvalue weighted by Crippen LogP contribution is 2.26. The number of hydrogen-bond acceptors (Lipinski definition) is 3. The summed E-state index contributed by atoms with van der Waals surface area (Å²) in [5, 5.41) is 3.34. The molecule has 0 saturated carbocycles. The highest BCUT2D eigenvalue weighted by molar-refractivity contribution is 5.75. The second-order valence-corrected chi connectivity index (χ2v) is 4.95. The molecule has 0 aliphatic carbocycles. The van der Waals surface area contributed by atoms with E-state index in [0.717, 1.165) is 17.8 Å². The number of nitrogens with zero attached hydrogens (tertiary/aromatic N) is 1. The Bertz CT molecular complexity index is 400. The zero-order chi connectivity index (χ0) is 13.8. The summed E-state index contributed by atoms with van der Waals surface area (Å²) in [7, 11) is 4.00. The Hall–Kier alpha value is -1.55. The predicted octanol–water partition coefficient (Wildman–Crippen LogP) is 1.45. The maximum Gasteiger partial charge on any atom is 0.219 e. The number of rotatable bonds is 6. The molecule has 4 nitrogen and oxygen atoms in total. The largest absolute Gasteiger partial charge is 0.378 e. The minimum atomic E-state index is -0.397. The van der Waals surface area contributed by atoms with Crippen LogP contribution in [0.5, 0.6) is 0 Å². The number of benzene rings is 1. The molecule has 100 valence electrons. The molecular weight excluding hydrogens is 226 g/mol. The molecule has 3 N–H and O–H groups in total. The molecule has 0 heterocycles. The van der Waals surface area contributed by atoms with Gasteiger partial charge in [-0.1, -0.05) is 19.1 Å². The van der Waals surface area contributed by atoms with E-state index in [1.165, 1.54) is 0 Å². The molecule has 1 amide bonds. The van der Waals surface area contributed by atoms with Crippen LogP contribution in [0.15, 0.2) is 24.3 Å². The van der Waals surface area contributed by atoms with Crippen molar-refractivity contribution >= 4 is 11.6 Å². The molecule has 0 aliphatic heterocycles. The predicted molar refractivity (Wildman–Crippen MR) is 75.6 cm³/mol. The molecule has 0 fully saturated rings. The van der Waals surface area contributed by atoms with Crippen LogP contribution in [0.3, 0.4) is 0 Å². The molecule has 18 heavy (non-hydrogen) atoms. The highest BCUT2D eigenvalue weighted by Gasteiger charge is 2.27. The van der Waals surface area contributed by atoms with E-state index < -0.39 is 5.54 Å². The number of nitrogens with two attached hydrogens (primary N) is 1. The lowest BCUT2D eigenvalue weighted by Gasteiger charge is -2.30. The molecule has 0 aromatic heterocycles. The third-order valence-corrected chi connectivity index (χ3v) is 3.12. The fourth-order valence-electron chi connectivity index (χ4n) is 2.13. The average Bonchev–Trinajstić information content (AvgIpc) is 2.28. The van der Waals surface area contributed by atoms with E-state index >= 15 is 0 Å². The molecule has 1 atom stereocenters. The molecule has 0 saturated heterocycles. The van der Waals surface area contributed by atoms with E-state index in [2.05, 4.69) is 5.32 Å². The fraction of sp³-hybridized carbons (Fsp3) is 0.500. The van der Waals surface area contributed by atoms with Crippen molar-refractivity contribution in [1.29, 1.82) is 0 Å². The van der Waals surface area contributed by atoms with Crippen molar-refractivity contribution in [1.82, 2.24) is 5.32 Å². The molecule has 0 radical (unpaired) electrons. The monoisotopic (exact) mass is 249 g/mol. The Kier molecular flexibility index (Phi) is 4.73. The van der Waals surface area contributed by atoms with E-state index in [-0.39, 0.29) is 5.91 Å². The van der Waals surface area contributed by atoms with Crippen molar-refractivity contribution in [2.75, 3.05) is 25.5 Å². The first-order chi connectivity index (χ1) is 8.39. The zero-order valence-electron chi connectivity index (χ0n) is 11.7. The van der Waals surface area contributed by atoms with Gasteiger partial charge in [0.05, 0.1) is 0 Å². The van der Waals surface area contributed by atoms with Crippen LogP contribution in [0, 0.1) is 0 Å². The van der Waals surface area contributed by atoms with Crippen molar-refractivity contribution in [2.45, 2.75) is 25.8 Å². The summed E-state index contributed by atoms with van der Waals surface area (Å²) in [5.41, 5.74) is 7.15. The number of primary amides is 1. The first-order valence-electron chi connectivity index (χ1n) is 6.20. The van der Waals surface area contributed by atoms with Gasteiger partial charge in [-0.15, -0.1) is 0 Å². The van der Waals surface area contributed by atoms with Crippen molar-refractivity contribution in [3.63, 3.8) is 0 Å². The number of hydrogen-bond donors (Lipinski definition) is 2. The second kappa shape index (κ2) is 5.87. The molecule has 1 aromatic carbocycles. The number of carbonyl (C=O) groups excluding carboxylic acids is 1. The van der Waals surface area contributed by atoms with Crippen molar-refractivity contribution in [3.8, 4) is 0 Å². The van der Waals surface area contributed by atoms with Gasteiger partial charge in [0.25, 0.3) is 0 Å². The van der Waals surface area contributed by atoms with Gasteiger partial charge in [0.1, 0.15) is 0 Å². The van der Waals surface area contributed by atoms with E-state index in [9.17, 15) is 4.79 Å². The Morgan fingerprint density at radius 1 is 1.33 bits per heavy atom. The third kappa shape index (κ3) is 3.47. The van der Waals surface area contributed by atoms with Crippen LogP contribution in [0.1, 0.15) is 25.8 Å². The van der Waals surface area contributed by atoms with Crippen molar-refractivity contribution < 1.29 is 4.79 Å². The Morgan fingerprint density at radius 2 is 1.89 bits per heavy atom. The maximum atomic E-state index is 11.2. The topological polar surface area (TPSA) is 58.4 Å². The molecule has 1 rings (SSSR count). The first kappa shape index (κ1) is 14.5. The standard InChI is InChI=1S/C14H23N3O/c1-5-16-14(2,10-13(15)18)11-6-8-12(9-7-11)17(3)4/h6-9,16H,5,10H2,1-4H3,(H2,15,18). The minimum absolute atomic E-state index is 0.294. The molecule has 1 unspecified atom stereocenters. The van der Waals surface area contributed by atoms with E-state index in [0.29, 0.717) is 6.42 Å². The Balaban J connectivity index is 3.02. The van der Waals surface area contributed by atoms with Gasteiger partial charge < -0.3 is 16.0 Å².